The fourth-order valence-electron chi connectivity index (χ4n) is 2.50. The van der Waals surface area contributed by atoms with Crippen LogP contribution in [0.1, 0.15) is 56.8 Å². The Morgan fingerprint density at radius 1 is 1.05 bits per heavy atom. The molecule has 0 saturated heterocycles. The number of hydrogen-bond acceptors (Lipinski definition) is 2. The molecule has 2 heteroatoms. The second-order valence-electron chi connectivity index (χ2n) is 6.31. The Bertz CT molecular complexity index is 381. The van der Waals surface area contributed by atoms with Crippen LogP contribution in [-0.2, 0) is 0 Å². The van der Waals surface area contributed by atoms with Gasteiger partial charge in [0.05, 0.1) is 6.10 Å². The highest BCUT2D eigenvalue weighted by Gasteiger charge is 2.27. The van der Waals surface area contributed by atoms with Crippen LogP contribution in [0, 0.1) is 11.8 Å². The lowest BCUT2D eigenvalue weighted by atomic mass is 10.00. The van der Waals surface area contributed by atoms with Gasteiger partial charge in [-0.05, 0) is 48.3 Å². The van der Waals surface area contributed by atoms with E-state index in [1.807, 2.05) is 12.1 Å². The highest BCUT2D eigenvalue weighted by molar-refractivity contribution is 5.26. The van der Waals surface area contributed by atoms with Gasteiger partial charge >= 0.3 is 0 Å². The van der Waals surface area contributed by atoms with Crippen LogP contribution >= 0.6 is 0 Å². The van der Waals surface area contributed by atoms with E-state index < -0.39 is 6.10 Å². The predicted molar refractivity (Wildman–Crippen MR) is 80.2 cm³/mol. The molecule has 0 bridgehead atoms. The number of rotatable bonds is 7. The van der Waals surface area contributed by atoms with Crippen LogP contribution < -0.4 is 5.32 Å². The maximum Gasteiger partial charge on any atom is 0.0914 e. The van der Waals surface area contributed by atoms with Gasteiger partial charge in [-0.2, -0.15) is 0 Å². The van der Waals surface area contributed by atoms with Crippen molar-refractivity contribution in [1.82, 2.24) is 5.32 Å². The first-order valence-electron chi connectivity index (χ1n) is 7.56. The van der Waals surface area contributed by atoms with Gasteiger partial charge in [-0.25, -0.2) is 0 Å². The number of benzene rings is 1. The topological polar surface area (TPSA) is 32.3 Å². The molecule has 2 rings (SSSR count). The van der Waals surface area contributed by atoms with Crippen molar-refractivity contribution in [3.05, 3.63) is 35.4 Å². The van der Waals surface area contributed by atoms with Gasteiger partial charge in [-0.1, -0.05) is 45.0 Å². The first-order valence-corrected chi connectivity index (χ1v) is 7.56. The standard InChI is InChI=1S/C17H27NO/c1-12(2)14-4-8-16(9-5-14)17(19)11-18-10-13(3)15-6-7-15/h4-5,8-9,12-13,15,17-19H,6-7,10-11H2,1-3H3. The molecule has 0 amide bonds. The molecule has 1 aliphatic carbocycles. The Morgan fingerprint density at radius 3 is 2.16 bits per heavy atom. The molecule has 0 heterocycles. The Labute approximate surface area is 117 Å². The van der Waals surface area contributed by atoms with Gasteiger partial charge in [0.1, 0.15) is 0 Å². The molecule has 0 aliphatic heterocycles. The van der Waals surface area contributed by atoms with E-state index in [0.717, 1.165) is 23.9 Å². The number of aliphatic hydroxyl groups excluding tert-OH is 1. The van der Waals surface area contributed by atoms with Gasteiger partial charge in [0.25, 0.3) is 0 Å². The maximum absolute atomic E-state index is 10.2. The molecule has 2 N–H and O–H groups in total. The lowest BCUT2D eigenvalue weighted by Crippen LogP contribution is -2.27. The Hall–Kier alpha value is -0.860. The van der Waals surface area contributed by atoms with Crippen molar-refractivity contribution in [3.63, 3.8) is 0 Å². The van der Waals surface area contributed by atoms with E-state index in [-0.39, 0.29) is 0 Å². The number of aliphatic hydroxyl groups is 1. The second-order valence-corrected chi connectivity index (χ2v) is 6.31. The van der Waals surface area contributed by atoms with Crippen LogP contribution in [0.4, 0.5) is 0 Å². The lowest BCUT2D eigenvalue weighted by molar-refractivity contribution is 0.172. The zero-order chi connectivity index (χ0) is 13.8. The van der Waals surface area contributed by atoms with Crippen LogP contribution in [0.25, 0.3) is 0 Å². The molecule has 1 saturated carbocycles. The van der Waals surface area contributed by atoms with Gasteiger partial charge < -0.3 is 10.4 Å². The van der Waals surface area contributed by atoms with Crippen LogP contribution in [0.2, 0.25) is 0 Å². The molecular formula is C17H27NO. The van der Waals surface area contributed by atoms with E-state index in [0.29, 0.717) is 12.5 Å². The van der Waals surface area contributed by atoms with Crippen LogP contribution in [0.3, 0.4) is 0 Å². The van der Waals surface area contributed by atoms with Crippen molar-refractivity contribution in [3.8, 4) is 0 Å². The number of nitrogens with one attached hydrogen (secondary N) is 1. The Kier molecular flexibility index (Phi) is 5.00. The normalized spacial score (nSPS) is 18.6. The minimum Gasteiger partial charge on any atom is -0.387 e. The molecule has 106 valence electrons. The smallest absolute Gasteiger partial charge is 0.0914 e. The zero-order valence-corrected chi connectivity index (χ0v) is 12.4. The van der Waals surface area contributed by atoms with E-state index in [1.54, 1.807) is 0 Å². The minimum atomic E-state index is -0.396. The third-order valence-electron chi connectivity index (χ3n) is 4.22. The lowest BCUT2D eigenvalue weighted by Gasteiger charge is -2.16. The summed E-state index contributed by atoms with van der Waals surface area (Å²) < 4.78 is 0. The van der Waals surface area contributed by atoms with Gasteiger partial charge in [0.15, 0.2) is 0 Å². The van der Waals surface area contributed by atoms with Gasteiger partial charge in [0, 0.05) is 6.54 Å². The summed E-state index contributed by atoms with van der Waals surface area (Å²) in [6, 6.07) is 8.34. The quantitative estimate of drug-likeness (QED) is 0.787. The molecular weight excluding hydrogens is 234 g/mol. The molecule has 1 aromatic rings. The fourth-order valence-corrected chi connectivity index (χ4v) is 2.50. The molecule has 1 fully saturated rings. The van der Waals surface area contributed by atoms with Crippen molar-refractivity contribution in [2.75, 3.05) is 13.1 Å². The molecule has 0 aromatic heterocycles. The van der Waals surface area contributed by atoms with Crippen LogP contribution in [0.15, 0.2) is 24.3 Å². The summed E-state index contributed by atoms with van der Waals surface area (Å²) in [5.41, 5.74) is 2.34. The summed E-state index contributed by atoms with van der Waals surface area (Å²) in [7, 11) is 0. The highest BCUT2D eigenvalue weighted by atomic mass is 16.3. The van der Waals surface area contributed by atoms with E-state index in [2.05, 4.69) is 38.2 Å². The fraction of sp³-hybridized carbons (Fsp3) is 0.647. The molecule has 0 radical (unpaired) electrons. The van der Waals surface area contributed by atoms with Crippen molar-refractivity contribution in [2.24, 2.45) is 11.8 Å². The first kappa shape index (κ1) is 14.5. The number of hydrogen-bond donors (Lipinski definition) is 2. The summed E-state index contributed by atoms with van der Waals surface area (Å²) in [4.78, 5) is 0. The van der Waals surface area contributed by atoms with Crippen molar-refractivity contribution < 1.29 is 5.11 Å². The summed E-state index contributed by atoms with van der Waals surface area (Å²) in [5.74, 6) is 2.22. The second kappa shape index (κ2) is 6.53. The molecule has 19 heavy (non-hydrogen) atoms. The van der Waals surface area contributed by atoms with Crippen molar-refractivity contribution in [1.29, 1.82) is 0 Å². The van der Waals surface area contributed by atoms with Crippen molar-refractivity contribution >= 4 is 0 Å². The average Bonchev–Trinajstić information content (AvgIpc) is 3.23. The van der Waals surface area contributed by atoms with Crippen LogP contribution in [-0.4, -0.2) is 18.2 Å². The molecule has 2 atom stereocenters. The van der Waals surface area contributed by atoms with E-state index in [9.17, 15) is 5.11 Å². The first-order chi connectivity index (χ1) is 9.08. The summed E-state index contributed by atoms with van der Waals surface area (Å²) in [6.07, 6.45) is 2.39. The van der Waals surface area contributed by atoms with E-state index in [1.165, 1.54) is 18.4 Å². The largest absolute Gasteiger partial charge is 0.387 e. The molecule has 1 aliphatic rings. The van der Waals surface area contributed by atoms with Gasteiger partial charge in [-0.15, -0.1) is 0 Å². The molecule has 2 nitrogen and oxygen atoms in total. The average molecular weight is 261 g/mol. The monoisotopic (exact) mass is 261 g/mol. The molecule has 2 unspecified atom stereocenters. The summed E-state index contributed by atoms with van der Waals surface area (Å²) >= 11 is 0. The van der Waals surface area contributed by atoms with E-state index >= 15 is 0 Å². The Morgan fingerprint density at radius 2 is 1.63 bits per heavy atom. The molecule has 0 spiro atoms. The Balaban J connectivity index is 1.76. The van der Waals surface area contributed by atoms with Crippen molar-refractivity contribution in [2.45, 2.75) is 45.6 Å². The van der Waals surface area contributed by atoms with E-state index in [4.69, 9.17) is 0 Å². The SMILES string of the molecule is CC(C)c1ccc(C(O)CNCC(C)C2CC2)cc1. The summed E-state index contributed by atoms with van der Waals surface area (Å²) in [5, 5.41) is 13.5. The predicted octanol–water partition coefficient (Wildman–Crippen LogP) is 3.48. The van der Waals surface area contributed by atoms with Gasteiger partial charge in [0.2, 0.25) is 0 Å². The summed E-state index contributed by atoms with van der Waals surface area (Å²) in [6.45, 7) is 8.34. The molecule has 1 aromatic carbocycles. The zero-order valence-electron chi connectivity index (χ0n) is 12.4. The minimum absolute atomic E-state index is 0.396. The highest BCUT2D eigenvalue weighted by Crippen LogP contribution is 2.36. The third-order valence-corrected chi connectivity index (χ3v) is 4.22. The third kappa shape index (κ3) is 4.32. The maximum atomic E-state index is 10.2. The van der Waals surface area contributed by atoms with Crippen LogP contribution in [0.5, 0.6) is 0 Å². The van der Waals surface area contributed by atoms with Gasteiger partial charge in [-0.3, -0.25) is 0 Å².